The molecule has 1 fully saturated rings. The summed E-state index contributed by atoms with van der Waals surface area (Å²) < 4.78 is 16.5. The van der Waals surface area contributed by atoms with Crippen LogP contribution in [-0.4, -0.2) is 26.3 Å². The van der Waals surface area contributed by atoms with E-state index in [0.29, 0.717) is 12.6 Å². The van der Waals surface area contributed by atoms with Gasteiger partial charge in [0.15, 0.2) is 5.82 Å². The average Bonchev–Trinajstić information content (AvgIpc) is 3.44. The number of hydrogen-bond donors (Lipinski definition) is 0. The highest BCUT2D eigenvalue weighted by atomic mass is 19.1. The fraction of sp³-hybridized carbons (Fsp3) is 0.190. The van der Waals surface area contributed by atoms with Gasteiger partial charge in [-0.2, -0.15) is 0 Å². The zero-order valence-corrected chi connectivity index (χ0v) is 14.7. The van der Waals surface area contributed by atoms with Crippen molar-refractivity contribution in [1.82, 2.24) is 19.7 Å². The van der Waals surface area contributed by atoms with E-state index in [2.05, 4.69) is 21.3 Å². The van der Waals surface area contributed by atoms with Gasteiger partial charge >= 0.3 is 0 Å². The van der Waals surface area contributed by atoms with Gasteiger partial charge in [-0.1, -0.05) is 6.08 Å². The Labute approximate surface area is 156 Å². The zero-order chi connectivity index (χ0) is 18.2. The minimum atomic E-state index is -0.277. The number of benzene rings is 1. The molecule has 0 N–H and O–H groups in total. The summed E-state index contributed by atoms with van der Waals surface area (Å²) in [7, 11) is 0. The Hall–Kier alpha value is -3.28. The van der Waals surface area contributed by atoms with E-state index in [-0.39, 0.29) is 5.82 Å². The maximum atomic E-state index is 14.4. The number of allylic oxidation sites excluding steroid dienone is 2. The van der Waals surface area contributed by atoms with Crippen LogP contribution in [0.5, 0.6) is 0 Å². The van der Waals surface area contributed by atoms with Gasteiger partial charge in [0.25, 0.3) is 0 Å². The molecule has 0 unspecified atom stereocenters. The van der Waals surface area contributed by atoms with Crippen molar-refractivity contribution < 1.29 is 4.39 Å². The minimum absolute atomic E-state index is 0.277. The Balaban J connectivity index is 1.47. The van der Waals surface area contributed by atoms with Crippen LogP contribution in [0.1, 0.15) is 24.4 Å². The zero-order valence-electron chi connectivity index (χ0n) is 14.7. The highest BCUT2D eigenvalue weighted by Gasteiger charge is 2.27. The van der Waals surface area contributed by atoms with Gasteiger partial charge in [-0.3, -0.25) is 4.98 Å². The molecule has 0 spiro atoms. The fourth-order valence-electron chi connectivity index (χ4n) is 3.42. The van der Waals surface area contributed by atoms with E-state index in [1.165, 1.54) is 6.07 Å². The van der Waals surface area contributed by atoms with E-state index in [0.717, 1.165) is 41.1 Å². The fourth-order valence-corrected chi connectivity index (χ4v) is 3.42. The number of pyridine rings is 1. The third-order valence-corrected chi connectivity index (χ3v) is 4.94. The van der Waals surface area contributed by atoms with Crippen molar-refractivity contribution in [3.63, 3.8) is 0 Å². The van der Waals surface area contributed by atoms with Gasteiger partial charge in [-0.25, -0.2) is 4.39 Å². The Morgan fingerprint density at radius 2 is 1.89 bits per heavy atom. The molecular formula is C21H18FN5. The van der Waals surface area contributed by atoms with E-state index >= 15 is 0 Å². The van der Waals surface area contributed by atoms with Crippen molar-refractivity contribution in [3.05, 3.63) is 78.8 Å². The summed E-state index contributed by atoms with van der Waals surface area (Å²) in [5, 5.41) is 8.26. The van der Waals surface area contributed by atoms with Gasteiger partial charge < -0.3 is 9.47 Å². The van der Waals surface area contributed by atoms with E-state index in [4.69, 9.17) is 0 Å². The number of hydrogen-bond acceptors (Lipinski definition) is 4. The Morgan fingerprint density at radius 3 is 2.70 bits per heavy atom. The SMILES string of the molecule is Fc1cc(-c2nncn2C2CC2)cc(N2C=CC=C(c3ccncc3)C2)c1. The van der Waals surface area contributed by atoms with E-state index in [1.807, 2.05) is 39.9 Å². The molecule has 0 bridgehead atoms. The average molecular weight is 359 g/mol. The summed E-state index contributed by atoms with van der Waals surface area (Å²) in [5.74, 6) is 0.449. The first kappa shape index (κ1) is 15.9. The van der Waals surface area contributed by atoms with Gasteiger partial charge in [-0.05, 0) is 60.4 Å². The van der Waals surface area contributed by atoms with Crippen molar-refractivity contribution >= 4 is 11.3 Å². The first-order valence-corrected chi connectivity index (χ1v) is 9.03. The molecule has 1 aliphatic carbocycles. The first-order valence-electron chi connectivity index (χ1n) is 9.03. The summed E-state index contributed by atoms with van der Waals surface area (Å²) in [4.78, 5) is 6.11. The lowest BCUT2D eigenvalue weighted by Gasteiger charge is -2.25. The quantitative estimate of drug-likeness (QED) is 0.699. The second-order valence-corrected chi connectivity index (χ2v) is 6.89. The van der Waals surface area contributed by atoms with Gasteiger partial charge in [0.05, 0.1) is 0 Å². The second-order valence-electron chi connectivity index (χ2n) is 6.89. The number of halogens is 1. The number of aromatic nitrogens is 4. The van der Waals surface area contributed by atoms with Crippen LogP contribution in [0, 0.1) is 5.82 Å². The largest absolute Gasteiger partial charge is 0.343 e. The summed E-state index contributed by atoms with van der Waals surface area (Å²) in [6.45, 7) is 0.665. The lowest BCUT2D eigenvalue weighted by Crippen LogP contribution is -2.21. The third-order valence-electron chi connectivity index (χ3n) is 4.94. The Kier molecular flexibility index (Phi) is 3.81. The van der Waals surface area contributed by atoms with Crippen LogP contribution in [0.25, 0.3) is 17.0 Å². The molecule has 0 radical (unpaired) electrons. The monoisotopic (exact) mass is 359 g/mol. The molecule has 2 aromatic heterocycles. The summed E-state index contributed by atoms with van der Waals surface area (Å²) >= 11 is 0. The van der Waals surface area contributed by atoms with Crippen molar-refractivity contribution in [3.8, 4) is 11.4 Å². The normalized spacial score (nSPS) is 16.5. The highest BCUT2D eigenvalue weighted by molar-refractivity contribution is 5.75. The maximum absolute atomic E-state index is 14.4. The second kappa shape index (κ2) is 6.46. The molecule has 27 heavy (non-hydrogen) atoms. The van der Waals surface area contributed by atoms with Crippen LogP contribution in [-0.2, 0) is 0 Å². The molecule has 0 saturated heterocycles. The summed E-state index contributed by atoms with van der Waals surface area (Å²) in [5.41, 5.74) is 3.82. The molecule has 1 aliphatic heterocycles. The molecule has 1 aromatic carbocycles. The maximum Gasteiger partial charge on any atom is 0.164 e. The molecule has 5 nitrogen and oxygen atoms in total. The minimum Gasteiger partial charge on any atom is -0.343 e. The van der Waals surface area contributed by atoms with Crippen LogP contribution in [0.15, 0.2) is 67.4 Å². The smallest absolute Gasteiger partial charge is 0.164 e. The van der Waals surface area contributed by atoms with Gasteiger partial charge in [0.1, 0.15) is 12.1 Å². The number of nitrogens with zero attached hydrogens (tertiary/aromatic N) is 5. The van der Waals surface area contributed by atoms with Crippen molar-refractivity contribution in [2.75, 3.05) is 11.4 Å². The van der Waals surface area contributed by atoms with Crippen LogP contribution >= 0.6 is 0 Å². The van der Waals surface area contributed by atoms with Crippen molar-refractivity contribution in [1.29, 1.82) is 0 Å². The molecule has 6 heteroatoms. The molecule has 5 rings (SSSR count). The molecular weight excluding hydrogens is 341 g/mol. The molecule has 3 aromatic rings. The standard InChI is InChI=1S/C21H18FN5/c22-18-10-17(21-25-24-14-27(21)19-3-4-19)11-20(12-18)26-9-1-2-16(13-26)15-5-7-23-8-6-15/h1-2,5-12,14,19H,3-4,13H2. The van der Waals surface area contributed by atoms with Crippen LogP contribution < -0.4 is 4.90 Å². The third kappa shape index (κ3) is 3.14. The number of anilines is 1. The summed E-state index contributed by atoms with van der Waals surface area (Å²) in [6.07, 6.45) is 13.6. The molecule has 1 saturated carbocycles. The summed E-state index contributed by atoms with van der Waals surface area (Å²) in [6, 6.07) is 9.47. The van der Waals surface area contributed by atoms with E-state index < -0.39 is 0 Å². The molecule has 0 atom stereocenters. The lowest BCUT2D eigenvalue weighted by atomic mass is 10.0. The van der Waals surface area contributed by atoms with Crippen LogP contribution in [0.4, 0.5) is 10.1 Å². The van der Waals surface area contributed by atoms with Crippen molar-refractivity contribution in [2.45, 2.75) is 18.9 Å². The molecule has 2 aliphatic rings. The lowest BCUT2D eigenvalue weighted by molar-refractivity contribution is 0.627. The van der Waals surface area contributed by atoms with Crippen LogP contribution in [0.2, 0.25) is 0 Å². The van der Waals surface area contributed by atoms with Gasteiger partial charge in [-0.15, -0.1) is 10.2 Å². The topological polar surface area (TPSA) is 46.8 Å². The van der Waals surface area contributed by atoms with Gasteiger partial charge in [0, 0.05) is 42.4 Å². The number of rotatable bonds is 4. The Morgan fingerprint density at radius 1 is 1.04 bits per heavy atom. The highest BCUT2D eigenvalue weighted by Crippen LogP contribution is 2.38. The Bertz CT molecular complexity index is 1030. The van der Waals surface area contributed by atoms with E-state index in [9.17, 15) is 4.39 Å². The molecule has 134 valence electrons. The first-order chi connectivity index (χ1) is 13.3. The van der Waals surface area contributed by atoms with Crippen molar-refractivity contribution in [2.24, 2.45) is 0 Å². The van der Waals surface area contributed by atoms with Crippen LogP contribution in [0.3, 0.4) is 0 Å². The predicted octanol–water partition coefficient (Wildman–Crippen LogP) is 4.23. The predicted molar refractivity (Wildman–Crippen MR) is 102 cm³/mol. The van der Waals surface area contributed by atoms with Gasteiger partial charge in [0.2, 0.25) is 0 Å². The van der Waals surface area contributed by atoms with E-state index in [1.54, 1.807) is 24.8 Å². The molecule has 0 amide bonds. The molecule has 3 heterocycles.